The minimum Gasteiger partial charge on any atom is -1.00 e. The van der Waals surface area contributed by atoms with E-state index in [1.807, 2.05) is 0 Å². The Labute approximate surface area is 220 Å². The van der Waals surface area contributed by atoms with Crippen LogP contribution in [0.1, 0.15) is 25.7 Å². The Hall–Kier alpha value is 3.30. The van der Waals surface area contributed by atoms with E-state index in [4.69, 9.17) is 22.9 Å². The molecule has 0 saturated heterocycles. The van der Waals surface area contributed by atoms with E-state index in [0.29, 0.717) is 0 Å². The van der Waals surface area contributed by atoms with Crippen molar-refractivity contribution in [2.24, 2.45) is 22.9 Å². The van der Waals surface area contributed by atoms with Crippen LogP contribution in [0.3, 0.4) is 0 Å². The first-order valence-corrected chi connectivity index (χ1v) is 9.10. The zero-order valence-electron chi connectivity index (χ0n) is 14.1. The summed E-state index contributed by atoms with van der Waals surface area (Å²) in [6, 6.07) is 0. The number of rotatable bonds is 8. The first-order chi connectivity index (χ1) is 9.66. The second kappa shape index (κ2) is 80.7. The number of hydrogen-bond acceptors (Lipinski definition) is 8. The fraction of sp³-hybridized carbons (Fsp3) is 1.00. The van der Waals surface area contributed by atoms with Crippen LogP contribution in [0.4, 0.5) is 0 Å². The molecule has 0 rings (SSSR count). The summed E-state index contributed by atoms with van der Waals surface area (Å²) in [5.74, 6) is 3.21. The zero-order valence-corrected chi connectivity index (χ0v) is 21.9. The summed E-state index contributed by atoms with van der Waals surface area (Å²) in [5, 5.41) is 0. The van der Waals surface area contributed by atoms with Crippen molar-refractivity contribution in [3.05, 3.63) is 0 Å². The summed E-state index contributed by atoms with van der Waals surface area (Å²) in [5.41, 5.74) is 20.3. The van der Waals surface area contributed by atoms with E-state index < -0.39 is 0 Å². The molecule has 13 heteroatoms. The van der Waals surface area contributed by atoms with Gasteiger partial charge in [0.05, 0.1) is 0 Å². The van der Waals surface area contributed by atoms with Gasteiger partial charge in [0.25, 0.3) is 0 Å². The topological polar surface area (TPSA) is 104 Å². The Morgan fingerprint density at radius 3 is 0.520 bits per heavy atom. The molecule has 0 amide bonds. The van der Waals surface area contributed by atoms with Crippen molar-refractivity contribution in [1.29, 1.82) is 0 Å². The standard InChI is InChI=1S/4C3H9NS.2ClH.3Ni/c4*4-2-1-3-5;;;;;/h4*5H,1-4H2;2*1H;;;/q;;;;;;3*+2/p-6. The largest absolute Gasteiger partial charge is 2.00 e. The maximum atomic E-state index is 5.07. The summed E-state index contributed by atoms with van der Waals surface area (Å²) in [7, 11) is 0. The molecule has 0 unspecified atom stereocenters. The van der Waals surface area contributed by atoms with Crippen LogP contribution in [0.5, 0.6) is 0 Å². The molecule has 0 fully saturated rings. The molecule has 0 aromatic heterocycles. The van der Waals surface area contributed by atoms with Crippen LogP contribution >= 0.6 is 0 Å². The minimum atomic E-state index is 0. The van der Waals surface area contributed by atoms with Gasteiger partial charge in [0, 0.05) is 0 Å². The Bertz CT molecular complexity index is 104. The third-order valence-electron chi connectivity index (χ3n) is 1.39. The summed E-state index contributed by atoms with van der Waals surface area (Å²) in [6.07, 6.45) is 3.93. The molecule has 0 radical (unpaired) electrons. The molecular formula is C12H32Cl2N4Ni3S4. The third-order valence-corrected chi connectivity index (χ3v) is 2.55. The average molecular weight is 608 g/mol. The summed E-state index contributed by atoms with van der Waals surface area (Å²) in [6.45, 7) is 2.96. The van der Waals surface area contributed by atoms with Crippen molar-refractivity contribution in [2.75, 3.05) is 49.2 Å². The van der Waals surface area contributed by atoms with Crippen molar-refractivity contribution in [1.82, 2.24) is 0 Å². The molecular weight excluding hydrogens is 575 g/mol. The predicted octanol–water partition coefficient (Wildman–Crippen LogP) is -6.47. The van der Waals surface area contributed by atoms with Crippen LogP contribution in [0.2, 0.25) is 0 Å². The molecule has 8 N–H and O–H groups in total. The van der Waals surface area contributed by atoms with Gasteiger partial charge in [0.1, 0.15) is 0 Å². The van der Waals surface area contributed by atoms with E-state index >= 15 is 0 Å². The minimum absolute atomic E-state index is 0. The van der Waals surface area contributed by atoms with Crippen LogP contribution in [-0.4, -0.2) is 49.2 Å². The Morgan fingerprint density at radius 2 is 0.520 bits per heavy atom. The number of nitrogens with two attached hydrogens (primary N) is 4. The normalized spacial score (nSPS) is 6.72. The molecule has 0 aromatic rings. The van der Waals surface area contributed by atoms with Gasteiger partial charge < -0.3 is 98.3 Å². The van der Waals surface area contributed by atoms with Gasteiger partial charge in [0.2, 0.25) is 0 Å². The van der Waals surface area contributed by atoms with E-state index in [9.17, 15) is 0 Å². The Morgan fingerprint density at radius 1 is 0.400 bits per heavy atom. The smallest absolute Gasteiger partial charge is 1.00 e. The molecule has 168 valence electrons. The fourth-order valence-electron chi connectivity index (χ4n) is 0.333. The maximum absolute atomic E-state index is 5.07. The molecule has 0 bridgehead atoms. The van der Waals surface area contributed by atoms with Crippen LogP contribution < -0.4 is 47.7 Å². The molecule has 0 aliphatic carbocycles. The van der Waals surface area contributed by atoms with Crippen LogP contribution in [0, 0.1) is 0 Å². The molecule has 0 aliphatic heterocycles. The predicted molar refractivity (Wildman–Crippen MR) is 104 cm³/mol. The second-order valence-corrected chi connectivity index (χ2v) is 5.02. The van der Waals surface area contributed by atoms with E-state index in [0.717, 1.165) is 74.9 Å². The van der Waals surface area contributed by atoms with Gasteiger partial charge in [-0.15, -0.1) is 0 Å². The molecule has 0 aromatic carbocycles. The van der Waals surface area contributed by atoms with Gasteiger partial charge in [-0.2, -0.15) is 23.0 Å². The summed E-state index contributed by atoms with van der Waals surface area (Å²) in [4.78, 5) is 0. The second-order valence-electron chi connectivity index (χ2n) is 3.39. The molecule has 0 saturated carbocycles. The number of halogens is 2. The van der Waals surface area contributed by atoms with Crippen LogP contribution in [0.25, 0.3) is 0 Å². The average Bonchev–Trinajstić information content (AvgIpc) is 2.44. The van der Waals surface area contributed by atoms with Crippen molar-refractivity contribution >= 4 is 50.5 Å². The van der Waals surface area contributed by atoms with Gasteiger partial charge in [-0.05, 0) is 26.2 Å². The maximum Gasteiger partial charge on any atom is 2.00 e. The van der Waals surface area contributed by atoms with Gasteiger partial charge >= 0.3 is 49.5 Å². The number of hydrogen-bond donors (Lipinski definition) is 4. The first-order valence-electron chi connectivity index (χ1n) is 6.79. The van der Waals surface area contributed by atoms with E-state index in [1.54, 1.807) is 0 Å². The molecule has 4 nitrogen and oxygen atoms in total. The van der Waals surface area contributed by atoms with Crippen LogP contribution in [-0.2, 0) is 100.0 Å². The SMILES string of the molecule is NCCC[S-].NCCC[S-].NCCC[S-].NCCC[S-].[Cl-].[Cl-].[Ni+2].[Ni+2].[Ni+2]. The van der Waals surface area contributed by atoms with Gasteiger partial charge in [0.15, 0.2) is 0 Å². The molecule has 0 atom stereocenters. The quantitative estimate of drug-likeness (QED) is 0.160. The summed E-state index contributed by atoms with van der Waals surface area (Å²) >= 11 is 18.3. The Kier molecular flexibility index (Phi) is 183. The fourth-order valence-corrected chi connectivity index (χ4v) is 1.000. The van der Waals surface area contributed by atoms with Gasteiger partial charge in [-0.25, -0.2) is 0 Å². The van der Waals surface area contributed by atoms with E-state index in [1.165, 1.54) is 0 Å². The van der Waals surface area contributed by atoms with Crippen molar-refractivity contribution in [3.8, 4) is 0 Å². The van der Waals surface area contributed by atoms with Crippen molar-refractivity contribution < 1.29 is 74.3 Å². The molecule has 0 heterocycles. The van der Waals surface area contributed by atoms with Crippen LogP contribution in [0.15, 0.2) is 0 Å². The van der Waals surface area contributed by atoms with E-state index in [2.05, 4.69) is 50.5 Å². The van der Waals surface area contributed by atoms with E-state index in [-0.39, 0.29) is 74.3 Å². The van der Waals surface area contributed by atoms with Crippen molar-refractivity contribution in [3.63, 3.8) is 0 Å². The third kappa shape index (κ3) is 137. The summed E-state index contributed by atoms with van der Waals surface area (Å²) < 4.78 is 0. The monoisotopic (exact) mass is 604 g/mol. The zero-order chi connectivity index (χ0) is 16.5. The molecule has 0 aliphatic rings. The molecule has 0 spiro atoms. The van der Waals surface area contributed by atoms with Crippen molar-refractivity contribution in [2.45, 2.75) is 25.7 Å². The molecule has 25 heavy (non-hydrogen) atoms. The Balaban J connectivity index is -0.0000000183. The van der Waals surface area contributed by atoms with Gasteiger partial charge in [-0.3, -0.25) is 0 Å². The van der Waals surface area contributed by atoms with Gasteiger partial charge in [-0.1, -0.05) is 25.7 Å². The first kappa shape index (κ1) is 56.6.